The lowest BCUT2D eigenvalue weighted by atomic mass is 9.80. The normalized spacial score (nSPS) is 50.6. The van der Waals surface area contributed by atoms with Gasteiger partial charge < -0.3 is 146 Å². The second kappa shape index (κ2) is 25.5. The quantitative estimate of drug-likeness (QED) is 0.0966. The van der Waals surface area contributed by atoms with Crippen molar-refractivity contribution in [3.05, 3.63) is 21.2 Å². The van der Waals surface area contributed by atoms with E-state index >= 15 is 0 Å². The zero-order valence-electron chi connectivity index (χ0n) is 49.7. The number of esters is 1. The topological polar surface area (TPSA) is 404 Å². The van der Waals surface area contributed by atoms with Crippen LogP contribution in [0.4, 0.5) is 0 Å². The second-order valence-electron chi connectivity index (χ2n) is 24.4. The standard InChI is InChI=1S/C55H80Cl2O31/c1-17-30(33(62)32(57)34(63)31(17)56)48(67)80-38-18(2)74-28(11-24(38)60)78-39-20(4)83-53(12-25(39)61)87-45-21(5)75-29(13-52(45,8)88-53)79-43-37(66)50(76-19(3)40(43)69-9)81-41-26(14-58)77-51(44(70-10)35(41)64)82-49-36(65)42-27(15-71-49)85-55(86-42)47-46(72-16-73-47)54(68,22(6)59)23(7)84-55/h18-29,35-47,49-51,58-66,68H,11-16H2,1-10H3/t18-,19-,20-,21-,22?,23-,24-,25-,26-,27+,28+,29+,35+,36-,37-,38-,39-,40+,41-,42-,43-,44+,45-,46-,47-,49-,50+,51+,52-,53?,54+,55-/m1/s1. The van der Waals surface area contributed by atoms with Gasteiger partial charge >= 0.3 is 11.9 Å². The fourth-order valence-electron chi connectivity index (χ4n) is 14.0. The van der Waals surface area contributed by atoms with Crippen molar-refractivity contribution in [1.82, 2.24) is 0 Å². The highest BCUT2D eigenvalue weighted by Gasteiger charge is 2.72. The molecule has 2 unspecified atom stereocenters. The minimum atomic E-state index is -1.99. The summed E-state index contributed by atoms with van der Waals surface area (Å²) >= 11 is 12.1. The highest BCUT2D eigenvalue weighted by Crippen LogP contribution is 2.53. The van der Waals surface area contributed by atoms with E-state index in [9.17, 15) is 55.9 Å². The van der Waals surface area contributed by atoms with Crippen molar-refractivity contribution < 1.29 is 151 Å². The first kappa shape index (κ1) is 67.2. The molecule has 0 bridgehead atoms. The number of phenols is 2. The van der Waals surface area contributed by atoms with Crippen molar-refractivity contribution in [3.8, 4) is 11.5 Å². The van der Waals surface area contributed by atoms with Crippen LogP contribution < -0.4 is 0 Å². The number of hydrogen-bond donors (Lipinski definition) is 10. The molecule has 88 heavy (non-hydrogen) atoms. The maximum absolute atomic E-state index is 13.3. The van der Waals surface area contributed by atoms with E-state index in [1.54, 1.807) is 27.7 Å². The molecule has 31 nitrogen and oxygen atoms in total. The summed E-state index contributed by atoms with van der Waals surface area (Å²) in [6.07, 6.45) is -34.7. The Labute approximate surface area is 514 Å². The molecule has 10 heterocycles. The Morgan fingerprint density at radius 1 is 0.659 bits per heavy atom. The number of methoxy groups -OCH3 is 2. The predicted molar refractivity (Wildman–Crippen MR) is 285 cm³/mol. The molecule has 0 aliphatic carbocycles. The van der Waals surface area contributed by atoms with Crippen LogP contribution in [0.1, 0.15) is 83.7 Å². The summed E-state index contributed by atoms with van der Waals surface area (Å²) in [6.45, 7) is 11.3. The summed E-state index contributed by atoms with van der Waals surface area (Å²) in [4.78, 5) is 13.3. The molecule has 10 aliphatic rings. The molecule has 33 heteroatoms. The molecular formula is C55H80Cl2O31. The highest BCUT2D eigenvalue weighted by molar-refractivity contribution is 6.39. The molecule has 10 N–H and O–H groups in total. The average Bonchev–Trinajstić information content (AvgIpc) is 1.54. The number of carbonyl (C=O) groups excluding carboxylic acids is 1. The Balaban J connectivity index is 0.695. The summed E-state index contributed by atoms with van der Waals surface area (Å²) in [5.41, 5.74) is -3.52. The van der Waals surface area contributed by atoms with Crippen LogP contribution in [0.2, 0.25) is 10.0 Å². The van der Waals surface area contributed by atoms with E-state index in [1.165, 1.54) is 41.9 Å². The SMILES string of the molecule is CO[C@@H]1[C@H](O[C@H]2OC[C@@H]3O[C@]4(O[C@H]3[C@H]2O)O[C@H](C)[C@@](O)(C(C)O)[C@@H]2OCO[C@H]24)O[C@H](CO)[C@@H](O[C@@H]2O[C@H](C)[C@H](OC)[C@H](O[C@H]3C[C@@]4(C)OC5(C[C@@H](O)[C@H](O[C@H]6C[C@@H](O)[C@H](OC(=O)c7c(C)c(Cl)c(O)c(Cl)c7O)[C@@H](C)O6)[C@@H](C)O5)O[C@@H]4[C@@H](C)O3)[C@H]2O)[C@@H]1O. The van der Waals surface area contributed by atoms with E-state index in [-0.39, 0.29) is 43.2 Å². The summed E-state index contributed by atoms with van der Waals surface area (Å²) in [5.74, 6) is -6.26. The molecule has 0 aromatic heterocycles. The molecule has 10 saturated heterocycles. The van der Waals surface area contributed by atoms with Crippen LogP contribution >= 0.6 is 23.2 Å². The van der Waals surface area contributed by atoms with Gasteiger partial charge in [0, 0.05) is 27.1 Å². The lowest BCUT2D eigenvalue weighted by Crippen LogP contribution is -2.72. The van der Waals surface area contributed by atoms with E-state index in [1.807, 2.05) is 0 Å². The molecule has 0 radical (unpaired) electrons. The lowest BCUT2D eigenvalue weighted by Gasteiger charge is -2.51. The number of benzene rings is 1. The number of aliphatic hydroxyl groups is 8. The molecule has 10 fully saturated rings. The van der Waals surface area contributed by atoms with Crippen LogP contribution in [0, 0.1) is 6.92 Å². The van der Waals surface area contributed by atoms with E-state index in [2.05, 4.69) is 0 Å². The first-order chi connectivity index (χ1) is 41.5. The number of ether oxygens (including phenoxy) is 20. The van der Waals surface area contributed by atoms with Crippen molar-refractivity contribution in [2.45, 2.75) is 270 Å². The third kappa shape index (κ3) is 11.7. The summed E-state index contributed by atoms with van der Waals surface area (Å²) in [6, 6.07) is 0. The van der Waals surface area contributed by atoms with E-state index in [0.29, 0.717) is 0 Å². The van der Waals surface area contributed by atoms with Crippen molar-refractivity contribution in [1.29, 1.82) is 0 Å². The van der Waals surface area contributed by atoms with Gasteiger partial charge in [0.05, 0.1) is 73.5 Å². The minimum Gasteiger partial charge on any atom is -0.505 e. The number of aliphatic hydroxyl groups excluding tert-OH is 7. The molecular weight excluding hydrogens is 1230 g/mol. The fourth-order valence-corrected chi connectivity index (χ4v) is 14.4. The Morgan fingerprint density at radius 3 is 2.01 bits per heavy atom. The van der Waals surface area contributed by atoms with Gasteiger partial charge in [0.2, 0.25) is 0 Å². The smallest absolute Gasteiger partial charge is 0.342 e. The van der Waals surface area contributed by atoms with Crippen LogP contribution in [0.15, 0.2) is 0 Å². The summed E-state index contributed by atoms with van der Waals surface area (Å²) in [5, 5.41) is 111. The monoisotopic (exact) mass is 1310 g/mol. The van der Waals surface area contributed by atoms with Gasteiger partial charge in [-0.1, -0.05) is 23.2 Å². The van der Waals surface area contributed by atoms with Crippen molar-refractivity contribution in [2.24, 2.45) is 0 Å². The van der Waals surface area contributed by atoms with Crippen LogP contribution in [0.25, 0.3) is 0 Å². The zero-order chi connectivity index (χ0) is 63.6. The van der Waals surface area contributed by atoms with E-state index in [4.69, 9.17) is 118 Å². The van der Waals surface area contributed by atoms with Gasteiger partial charge in [-0.05, 0) is 61.0 Å². The van der Waals surface area contributed by atoms with Crippen molar-refractivity contribution in [3.63, 3.8) is 0 Å². The zero-order valence-corrected chi connectivity index (χ0v) is 51.2. The van der Waals surface area contributed by atoms with Gasteiger partial charge in [-0.3, -0.25) is 0 Å². The molecule has 1 aromatic carbocycles. The number of phenolic OH excluding ortho intramolecular Hbond substituents is 2. The number of halogens is 2. The fraction of sp³-hybridized carbons (Fsp3) is 0.873. The Kier molecular flexibility index (Phi) is 19.5. The minimum absolute atomic E-state index is 0.00631. The first-order valence-electron chi connectivity index (χ1n) is 29.3. The number of rotatable bonds is 14. The number of carbonyl (C=O) groups is 1. The number of hydrogen-bond acceptors (Lipinski definition) is 31. The van der Waals surface area contributed by atoms with Crippen LogP contribution in [0.3, 0.4) is 0 Å². The molecule has 500 valence electrons. The number of aromatic hydroxyl groups is 2. The van der Waals surface area contributed by atoms with Gasteiger partial charge in [-0.25, -0.2) is 4.79 Å². The largest absolute Gasteiger partial charge is 0.505 e. The maximum Gasteiger partial charge on any atom is 0.342 e. The molecule has 1 aromatic rings. The summed E-state index contributed by atoms with van der Waals surface area (Å²) < 4.78 is 122. The third-order valence-electron chi connectivity index (χ3n) is 18.5. The summed E-state index contributed by atoms with van der Waals surface area (Å²) in [7, 11) is 2.65. The molecule has 2 spiro atoms. The first-order valence-corrected chi connectivity index (χ1v) is 30.0. The van der Waals surface area contributed by atoms with Gasteiger partial charge in [-0.2, -0.15) is 0 Å². The van der Waals surface area contributed by atoms with Gasteiger partial charge in [-0.15, -0.1) is 0 Å². The molecule has 10 aliphatic heterocycles. The molecule has 0 amide bonds. The van der Waals surface area contributed by atoms with Crippen molar-refractivity contribution >= 4 is 29.2 Å². The van der Waals surface area contributed by atoms with Gasteiger partial charge in [0.1, 0.15) is 108 Å². The van der Waals surface area contributed by atoms with Gasteiger partial charge in [0.15, 0.2) is 55.2 Å². The highest BCUT2D eigenvalue weighted by atomic mass is 35.5. The van der Waals surface area contributed by atoms with Crippen LogP contribution in [-0.4, -0.2) is 286 Å². The number of fused-ring (bicyclic) bond motifs is 4. The van der Waals surface area contributed by atoms with Crippen LogP contribution in [0.5, 0.6) is 11.5 Å². The molecule has 0 saturated carbocycles. The maximum atomic E-state index is 13.3. The van der Waals surface area contributed by atoms with Crippen molar-refractivity contribution in [2.75, 3.05) is 34.2 Å². The van der Waals surface area contributed by atoms with Crippen LogP contribution in [-0.2, 0) is 94.7 Å². The predicted octanol–water partition coefficient (Wildman–Crippen LogP) is -1.32. The molecule has 11 rings (SSSR count). The average molecular weight is 1310 g/mol. The van der Waals surface area contributed by atoms with E-state index in [0.717, 1.165) is 0 Å². The second-order valence-corrected chi connectivity index (χ2v) is 25.1. The lowest BCUT2D eigenvalue weighted by molar-refractivity contribution is -0.439. The third-order valence-corrected chi connectivity index (χ3v) is 19.3. The van der Waals surface area contributed by atoms with E-state index < -0.39 is 230 Å². The Bertz CT molecular complexity index is 2600. The Hall–Kier alpha value is -2.21. The Morgan fingerprint density at radius 2 is 1.34 bits per heavy atom. The molecule has 32 atom stereocenters. The van der Waals surface area contributed by atoms with Gasteiger partial charge in [0.25, 0.3) is 5.97 Å².